The van der Waals surface area contributed by atoms with Gasteiger partial charge in [-0.3, -0.25) is 9.05 Å². The molecule has 0 heterocycles. The number of rotatable bonds is 6. The lowest BCUT2D eigenvalue weighted by Crippen LogP contribution is -2.27. The second-order valence-electron chi connectivity index (χ2n) is 6.68. The van der Waals surface area contributed by atoms with Crippen LogP contribution < -0.4 is 0 Å². The highest BCUT2D eigenvalue weighted by Gasteiger charge is 2.39. The summed E-state index contributed by atoms with van der Waals surface area (Å²) in [7, 11) is -4.08. The molecule has 8 heteroatoms. The van der Waals surface area contributed by atoms with Crippen LogP contribution in [0.3, 0.4) is 0 Å². The SMILES string of the molecule is C=C(C)C(=O)OP(=O)(OC1CCC(O)CC1)OC1CCC(O)CC1. The lowest BCUT2D eigenvalue weighted by molar-refractivity contribution is -0.133. The van der Waals surface area contributed by atoms with Gasteiger partial charge in [0.1, 0.15) is 0 Å². The molecule has 0 spiro atoms. The van der Waals surface area contributed by atoms with Crippen LogP contribution >= 0.6 is 7.82 Å². The van der Waals surface area contributed by atoms with Crippen molar-refractivity contribution in [2.24, 2.45) is 0 Å². The third kappa shape index (κ3) is 5.97. The first-order valence-electron chi connectivity index (χ1n) is 8.50. The van der Waals surface area contributed by atoms with E-state index >= 15 is 0 Å². The second kappa shape index (κ2) is 8.59. The van der Waals surface area contributed by atoms with Gasteiger partial charge in [-0.15, -0.1) is 0 Å². The standard InChI is InChI=1S/C16H27O7P/c1-11(2)16(19)23-24(20,21-14-7-3-12(17)4-8-14)22-15-9-5-13(18)6-10-15/h12-15,17-18H,1,3-10H2,2H3. The van der Waals surface area contributed by atoms with Gasteiger partial charge < -0.3 is 14.7 Å². The van der Waals surface area contributed by atoms with Gasteiger partial charge >= 0.3 is 13.8 Å². The number of phosphoric acid groups is 1. The van der Waals surface area contributed by atoms with Crippen molar-refractivity contribution in [1.29, 1.82) is 0 Å². The molecule has 24 heavy (non-hydrogen) atoms. The molecule has 2 aliphatic carbocycles. The summed E-state index contributed by atoms with van der Waals surface area (Å²) >= 11 is 0. The van der Waals surface area contributed by atoms with Crippen molar-refractivity contribution >= 4 is 13.8 Å². The highest BCUT2D eigenvalue weighted by atomic mass is 31.2. The maximum absolute atomic E-state index is 13.0. The van der Waals surface area contributed by atoms with Crippen molar-refractivity contribution in [1.82, 2.24) is 0 Å². The third-order valence-corrected chi connectivity index (χ3v) is 5.89. The Labute approximate surface area is 142 Å². The van der Waals surface area contributed by atoms with Gasteiger partial charge in [0.25, 0.3) is 0 Å². The molecule has 0 aromatic carbocycles. The van der Waals surface area contributed by atoms with Gasteiger partial charge in [0.2, 0.25) is 0 Å². The molecule has 138 valence electrons. The highest BCUT2D eigenvalue weighted by molar-refractivity contribution is 7.49. The Kier molecular flexibility index (Phi) is 7.01. The number of carbonyl (C=O) groups is 1. The lowest BCUT2D eigenvalue weighted by Gasteiger charge is -2.31. The van der Waals surface area contributed by atoms with Gasteiger partial charge in [-0.25, -0.2) is 9.36 Å². The predicted molar refractivity (Wildman–Crippen MR) is 87.2 cm³/mol. The Morgan fingerprint density at radius 2 is 1.29 bits per heavy atom. The molecule has 0 bridgehead atoms. The largest absolute Gasteiger partial charge is 0.533 e. The van der Waals surface area contributed by atoms with E-state index in [0.717, 1.165) is 0 Å². The number of hydrogen-bond donors (Lipinski definition) is 2. The van der Waals surface area contributed by atoms with Crippen LogP contribution in [-0.4, -0.2) is 40.6 Å². The molecule has 2 fully saturated rings. The van der Waals surface area contributed by atoms with E-state index < -0.39 is 13.8 Å². The van der Waals surface area contributed by atoms with Crippen LogP contribution in [0.4, 0.5) is 0 Å². The van der Waals surface area contributed by atoms with Crippen LogP contribution in [0.15, 0.2) is 12.2 Å². The van der Waals surface area contributed by atoms with Crippen molar-refractivity contribution in [2.75, 3.05) is 0 Å². The highest BCUT2D eigenvalue weighted by Crippen LogP contribution is 2.54. The molecule has 0 aromatic heterocycles. The fourth-order valence-electron chi connectivity index (χ4n) is 2.91. The van der Waals surface area contributed by atoms with Crippen molar-refractivity contribution in [2.45, 2.75) is 82.7 Å². The van der Waals surface area contributed by atoms with E-state index in [4.69, 9.17) is 13.6 Å². The van der Waals surface area contributed by atoms with Gasteiger partial charge in [0.05, 0.1) is 24.4 Å². The minimum atomic E-state index is -4.08. The first-order chi connectivity index (χ1) is 11.3. The first kappa shape index (κ1) is 19.6. The summed E-state index contributed by atoms with van der Waals surface area (Å²) in [6.45, 7) is 4.94. The summed E-state index contributed by atoms with van der Waals surface area (Å²) < 4.78 is 29.1. The molecule has 2 aliphatic rings. The summed E-state index contributed by atoms with van der Waals surface area (Å²) in [6.07, 6.45) is 2.81. The minimum absolute atomic E-state index is 0.112. The van der Waals surface area contributed by atoms with E-state index in [9.17, 15) is 19.6 Å². The Balaban J connectivity index is 2.01. The molecular formula is C16H27O7P. The topological polar surface area (TPSA) is 102 Å². The van der Waals surface area contributed by atoms with Crippen LogP contribution in [-0.2, 0) is 22.9 Å². The van der Waals surface area contributed by atoms with Crippen molar-refractivity contribution in [3.05, 3.63) is 12.2 Å². The van der Waals surface area contributed by atoms with E-state index in [1.165, 1.54) is 6.92 Å². The number of hydrogen-bond acceptors (Lipinski definition) is 7. The molecule has 0 radical (unpaired) electrons. The minimum Gasteiger partial charge on any atom is -0.393 e. The zero-order valence-corrected chi connectivity index (χ0v) is 15.0. The Hall–Kier alpha value is -0.720. The molecule has 7 nitrogen and oxygen atoms in total. The van der Waals surface area contributed by atoms with E-state index in [2.05, 4.69) is 6.58 Å². The van der Waals surface area contributed by atoms with Gasteiger partial charge in [0, 0.05) is 5.57 Å². The van der Waals surface area contributed by atoms with E-state index in [1.54, 1.807) is 0 Å². The van der Waals surface area contributed by atoms with E-state index in [0.29, 0.717) is 51.4 Å². The zero-order chi connectivity index (χ0) is 17.7. The number of carbonyl (C=O) groups excluding carboxylic acids is 1. The molecular weight excluding hydrogens is 335 g/mol. The molecule has 0 atom stereocenters. The molecule has 0 aliphatic heterocycles. The smallest absolute Gasteiger partial charge is 0.393 e. The van der Waals surface area contributed by atoms with E-state index in [-0.39, 0.29) is 30.0 Å². The molecule has 0 amide bonds. The average molecular weight is 362 g/mol. The van der Waals surface area contributed by atoms with Crippen molar-refractivity contribution < 1.29 is 33.1 Å². The Morgan fingerprint density at radius 3 is 1.62 bits per heavy atom. The maximum atomic E-state index is 13.0. The van der Waals surface area contributed by atoms with Crippen LogP contribution in [0.25, 0.3) is 0 Å². The van der Waals surface area contributed by atoms with Crippen LogP contribution in [0.1, 0.15) is 58.3 Å². The first-order valence-corrected chi connectivity index (χ1v) is 9.96. The summed E-state index contributed by atoms with van der Waals surface area (Å²) in [5.74, 6) is -0.815. The van der Waals surface area contributed by atoms with Gasteiger partial charge in [0.15, 0.2) is 0 Å². The molecule has 0 saturated heterocycles. The molecule has 0 aromatic rings. The quantitative estimate of drug-likeness (QED) is 0.553. The van der Waals surface area contributed by atoms with E-state index in [1.807, 2.05) is 0 Å². The molecule has 2 N–H and O–H groups in total. The summed E-state index contributed by atoms with van der Waals surface area (Å²) in [6, 6.07) is 0. The number of aliphatic hydroxyl groups is 2. The summed E-state index contributed by atoms with van der Waals surface area (Å²) in [5, 5.41) is 19.1. The molecule has 0 unspecified atom stereocenters. The van der Waals surface area contributed by atoms with Gasteiger partial charge in [-0.2, -0.15) is 0 Å². The predicted octanol–water partition coefficient (Wildman–Crippen LogP) is 2.85. The van der Waals surface area contributed by atoms with Crippen LogP contribution in [0.5, 0.6) is 0 Å². The second-order valence-corrected chi connectivity index (χ2v) is 8.18. The van der Waals surface area contributed by atoms with Crippen LogP contribution in [0, 0.1) is 0 Å². The van der Waals surface area contributed by atoms with Crippen LogP contribution in [0.2, 0.25) is 0 Å². The average Bonchev–Trinajstić information content (AvgIpc) is 2.51. The summed E-state index contributed by atoms with van der Waals surface area (Å²) in [5.41, 5.74) is 0.112. The normalized spacial score (nSPS) is 33.5. The van der Waals surface area contributed by atoms with Gasteiger partial charge in [-0.05, 0) is 58.3 Å². The molecule has 2 saturated carbocycles. The summed E-state index contributed by atoms with van der Waals surface area (Å²) in [4.78, 5) is 11.8. The monoisotopic (exact) mass is 362 g/mol. The lowest BCUT2D eigenvalue weighted by atomic mass is 9.95. The zero-order valence-electron chi connectivity index (χ0n) is 14.1. The van der Waals surface area contributed by atoms with Crippen molar-refractivity contribution in [3.8, 4) is 0 Å². The number of aliphatic hydroxyl groups excluding tert-OH is 2. The fraction of sp³-hybridized carbons (Fsp3) is 0.812. The molecule has 2 rings (SSSR count). The Bertz CT molecular complexity index is 463. The van der Waals surface area contributed by atoms with Crippen molar-refractivity contribution in [3.63, 3.8) is 0 Å². The fourth-order valence-corrected chi connectivity index (χ4v) is 4.56. The number of phosphoric ester groups is 1. The third-order valence-electron chi connectivity index (χ3n) is 4.39. The van der Waals surface area contributed by atoms with Gasteiger partial charge in [-0.1, -0.05) is 6.58 Å². The maximum Gasteiger partial charge on any atom is 0.533 e. The Morgan fingerprint density at radius 1 is 0.917 bits per heavy atom.